The summed E-state index contributed by atoms with van der Waals surface area (Å²) in [5.41, 5.74) is 3.40. The molecule has 0 bridgehead atoms. The second-order valence-corrected chi connectivity index (χ2v) is 4.78. The molecule has 2 aromatic rings. The number of nitrogens with zero attached hydrogens (tertiary/aromatic N) is 2. The average molecular weight is 277 g/mol. The Balaban J connectivity index is 2.10. The summed E-state index contributed by atoms with van der Waals surface area (Å²) in [5, 5.41) is 0.759. The van der Waals surface area contributed by atoms with Crippen molar-refractivity contribution in [2.24, 2.45) is 0 Å². The molecule has 0 unspecified atom stereocenters. The van der Waals surface area contributed by atoms with E-state index in [9.17, 15) is 4.79 Å². The Labute approximate surface area is 116 Å². The van der Waals surface area contributed by atoms with Gasteiger partial charge in [-0.2, -0.15) is 0 Å². The van der Waals surface area contributed by atoms with E-state index in [0.717, 1.165) is 34.8 Å². The Bertz CT molecular complexity index is 649. The summed E-state index contributed by atoms with van der Waals surface area (Å²) in [6.07, 6.45) is 3.22. The number of benzene rings is 1. The molecule has 1 aliphatic rings. The zero-order valence-electron chi connectivity index (χ0n) is 10.5. The van der Waals surface area contributed by atoms with E-state index < -0.39 is 0 Å². The SMILES string of the molecule is CCOC(=O)c1ncn2c1CCc1c(Cl)cccc1-2. The van der Waals surface area contributed by atoms with Crippen molar-refractivity contribution in [1.29, 1.82) is 0 Å². The molecule has 0 amide bonds. The Hall–Kier alpha value is -1.81. The smallest absolute Gasteiger partial charge is 0.358 e. The van der Waals surface area contributed by atoms with E-state index in [4.69, 9.17) is 16.3 Å². The Morgan fingerprint density at radius 3 is 3.11 bits per heavy atom. The average Bonchev–Trinajstić information content (AvgIpc) is 2.83. The molecule has 19 heavy (non-hydrogen) atoms. The third-order valence-corrected chi connectivity index (χ3v) is 3.65. The predicted octanol–water partition coefficient (Wildman–Crippen LogP) is 2.80. The van der Waals surface area contributed by atoms with Crippen LogP contribution in [0.1, 0.15) is 28.7 Å². The van der Waals surface area contributed by atoms with Gasteiger partial charge in [0.05, 0.1) is 18.0 Å². The molecule has 0 radical (unpaired) electrons. The summed E-state index contributed by atoms with van der Waals surface area (Å²) in [6.45, 7) is 2.14. The fourth-order valence-electron chi connectivity index (χ4n) is 2.45. The van der Waals surface area contributed by atoms with Gasteiger partial charge in [0, 0.05) is 5.02 Å². The second kappa shape index (κ2) is 4.70. The highest BCUT2D eigenvalue weighted by atomic mass is 35.5. The minimum atomic E-state index is -0.360. The number of halogens is 1. The molecule has 1 aromatic heterocycles. The van der Waals surface area contributed by atoms with Gasteiger partial charge in [-0.15, -0.1) is 0 Å². The van der Waals surface area contributed by atoms with Gasteiger partial charge >= 0.3 is 5.97 Å². The number of ether oxygens (including phenoxy) is 1. The van der Waals surface area contributed by atoms with Crippen LogP contribution in [0.5, 0.6) is 0 Å². The van der Waals surface area contributed by atoms with Crippen LogP contribution in [0.2, 0.25) is 5.02 Å². The fraction of sp³-hybridized carbons (Fsp3) is 0.286. The third-order valence-electron chi connectivity index (χ3n) is 3.30. The van der Waals surface area contributed by atoms with E-state index in [1.807, 2.05) is 22.8 Å². The molecule has 0 N–H and O–H groups in total. The van der Waals surface area contributed by atoms with Crippen LogP contribution in [0.15, 0.2) is 24.5 Å². The molecule has 98 valence electrons. The summed E-state index contributed by atoms with van der Waals surface area (Å²) in [6, 6.07) is 5.77. The van der Waals surface area contributed by atoms with E-state index in [-0.39, 0.29) is 5.97 Å². The lowest BCUT2D eigenvalue weighted by atomic mass is 10.0. The number of aromatic nitrogens is 2. The number of esters is 1. The molecule has 3 rings (SSSR count). The molecular weight excluding hydrogens is 264 g/mol. The normalized spacial score (nSPS) is 12.7. The third kappa shape index (κ3) is 1.92. The van der Waals surface area contributed by atoms with Crippen LogP contribution in [0.4, 0.5) is 0 Å². The van der Waals surface area contributed by atoms with E-state index in [0.29, 0.717) is 12.3 Å². The van der Waals surface area contributed by atoms with Crippen LogP contribution in [0, 0.1) is 0 Å². The zero-order chi connectivity index (χ0) is 13.4. The van der Waals surface area contributed by atoms with Crippen molar-refractivity contribution in [2.45, 2.75) is 19.8 Å². The van der Waals surface area contributed by atoms with Gasteiger partial charge in [-0.3, -0.25) is 0 Å². The fourth-order valence-corrected chi connectivity index (χ4v) is 2.72. The summed E-state index contributed by atoms with van der Waals surface area (Å²) >= 11 is 6.20. The first-order valence-corrected chi connectivity index (χ1v) is 6.61. The summed E-state index contributed by atoms with van der Waals surface area (Å²) in [7, 11) is 0. The molecule has 0 spiro atoms. The van der Waals surface area contributed by atoms with Crippen LogP contribution in [0.3, 0.4) is 0 Å². The van der Waals surface area contributed by atoms with Gasteiger partial charge in [-0.05, 0) is 37.5 Å². The first kappa shape index (κ1) is 12.2. The Kier molecular flexibility index (Phi) is 3.03. The molecular formula is C14H13ClN2O2. The molecule has 0 aliphatic carbocycles. The maximum atomic E-state index is 11.8. The monoisotopic (exact) mass is 276 g/mol. The van der Waals surface area contributed by atoms with Gasteiger partial charge in [0.15, 0.2) is 5.69 Å². The van der Waals surface area contributed by atoms with Crippen molar-refractivity contribution in [2.75, 3.05) is 6.61 Å². The number of fused-ring (bicyclic) bond motifs is 3. The standard InChI is InChI=1S/C14H13ClN2O2/c1-2-19-14(18)13-12-7-6-9-10(15)4-3-5-11(9)17(12)8-16-13/h3-5,8H,2,6-7H2,1H3. The number of rotatable bonds is 2. The Morgan fingerprint density at radius 1 is 1.47 bits per heavy atom. The predicted molar refractivity (Wildman–Crippen MR) is 71.9 cm³/mol. The number of hydrogen-bond donors (Lipinski definition) is 0. The Morgan fingerprint density at radius 2 is 2.32 bits per heavy atom. The lowest BCUT2D eigenvalue weighted by molar-refractivity contribution is 0.0518. The minimum Gasteiger partial charge on any atom is -0.461 e. The molecule has 1 aromatic carbocycles. The van der Waals surface area contributed by atoms with Gasteiger partial charge in [0.2, 0.25) is 0 Å². The van der Waals surface area contributed by atoms with E-state index in [1.165, 1.54) is 0 Å². The molecule has 0 saturated carbocycles. The maximum absolute atomic E-state index is 11.8. The topological polar surface area (TPSA) is 44.1 Å². The molecule has 1 aliphatic heterocycles. The van der Waals surface area contributed by atoms with Gasteiger partial charge in [-0.25, -0.2) is 9.78 Å². The number of carbonyl (C=O) groups is 1. The molecule has 4 nitrogen and oxygen atoms in total. The van der Waals surface area contributed by atoms with Crippen molar-refractivity contribution >= 4 is 17.6 Å². The highest BCUT2D eigenvalue weighted by Gasteiger charge is 2.25. The molecule has 0 saturated heterocycles. The number of imidazole rings is 1. The largest absolute Gasteiger partial charge is 0.461 e. The van der Waals surface area contributed by atoms with E-state index in [2.05, 4.69) is 4.98 Å². The van der Waals surface area contributed by atoms with Gasteiger partial charge in [0.25, 0.3) is 0 Å². The quantitative estimate of drug-likeness (QED) is 0.792. The number of hydrogen-bond acceptors (Lipinski definition) is 3. The van der Waals surface area contributed by atoms with Gasteiger partial charge in [-0.1, -0.05) is 17.7 Å². The molecule has 0 fully saturated rings. The number of carbonyl (C=O) groups excluding carboxylic acids is 1. The zero-order valence-corrected chi connectivity index (χ0v) is 11.3. The van der Waals surface area contributed by atoms with E-state index in [1.54, 1.807) is 13.3 Å². The van der Waals surface area contributed by atoms with Crippen LogP contribution in [-0.2, 0) is 17.6 Å². The van der Waals surface area contributed by atoms with Crippen LogP contribution >= 0.6 is 11.6 Å². The van der Waals surface area contributed by atoms with Crippen LogP contribution in [-0.4, -0.2) is 22.1 Å². The molecule has 2 heterocycles. The van der Waals surface area contributed by atoms with Crippen molar-refractivity contribution in [3.05, 3.63) is 46.5 Å². The van der Waals surface area contributed by atoms with Crippen molar-refractivity contribution in [1.82, 2.24) is 9.55 Å². The summed E-state index contributed by atoms with van der Waals surface area (Å²) in [4.78, 5) is 16.0. The van der Waals surface area contributed by atoms with Gasteiger partial charge in [0.1, 0.15) is 6.33 Å². The first-order chi connectivity index (χ1) is 9.22. The maximum Gasteiger partial charge on any atom is 0.358 e. The van der Waals surface area contributed by atoms with Crippen molar-refractivity contribution < 1.29 is 9.53 Å². The van der Waals surface area contributed by atoms with Crippen LogP contribution in [0.25, 0.3) is 5.69 Å². The van der Waals surface area contributed by atoms with E-state index >= 15 is 0 Å². The molecule has 0 atom stereocenters. The summed E-state index contributed by atoms with van der Waals surface area (Å²) in [5.74, 6) is -0.360. The lowest BCUT2D eigenvalue weighted by Gasteiger charge is -2.20. The second-order valence-electron chi connectivity index (χ2n) is 4.37. The summed E-state index contributed by atoms with van der Waals surface area (Å²) < 4.78 is 6.95. The minimum absolute atomic E-state index is 0.355. The highest BCUT2D eigenvalue weighted by Crippen LogP contribution is 2.31. The van der Waals surface area contributed by atoms with Crippen molar-refractivity contribution in [3.63, 3.8) is 0 Å². The highest BCUT2D eigenvalue weighted by molar-refractivity contribution is 6.31. The lowest BCUT2D eigenvalue weighted by Crippen LogP contribution is -2.15. The molecule has 5 heteroatoms. The first-order valence-electron chi connectivity index (χ1n) is 6.23. The van der Waals surface area contributed by atoms with Gasteiger partial charge < -0.3 is 9.30 Å². The van der Waals surface area contributed by atoms with Crippen LogP contribution < -0.4 is 0 Å². The van der Waals surface area contributed by atoms with Crippen molar-refractivity contribution in [3.8, 4) is 5.69 Å².